The molecule has 0 aromatic heterocycles. The minimum absolute atomic E-state index is 0.0524. The maximum atomic E-state index is 13.8. The number of hydroxylamine groups is 2. The van der Waals surface area contributed by atoms with E-state index in [0.717, 1.165) is 5.57 Å². The zero-order chi connectivity index (χ0) is 24.7. The number of benzene rings is 1. The summed E-state index contributed by atoms with van der Waals surface area (Å²) < 4.78 is 5.31. The number of phenolic OH excluding ortho intramolecular Hbond substituents is 1. The number of carbonyl (C=O) groups excluding carboxylic acids is 4. The van der Waals surface area contributed by atoms with Gasteiger partial charge in [0, 0.05) is 11.8 Å². The zero-order valence-corrected chi connectivity index (χ0v) is 19.5. The average Bonchev–Trinajstić information content (AvgIpc) is 3.05. The summed E-state index contributed by atoms with van der Waals surface area (Å²) in [4.78, 5) is 52.8. The van der Waals surface area contributed by atoms with E-state index < -0.39 is 46.8 Å². The van der Waals surface area contributed by atoms with Crippen molar-refractivity contribution in [1.82, 2.24) is 5.06 Å². The normalized spacial score (nSPS) is 35.1. The van der Waals surface area contributed by atoms with E-state index >= 15 is 0 Å². The maximum absolute atomic E-state index is 13.8. The summed E-state index contributed by atoms with van der Waals surface area (Å²) in [6, 6.07) is 4.86. The third kappa shape index (κ3) is 2.69. The molecule has 178 valence electrons. The molecule has 6 atom stereocenters. The Morgan fingerprint density at radius 3 is 2.44 bits per heavy atom. The highest BCUT2D eigenvalue weighted by molar-refractivity contribution is 6.16. The van der Waals surface area contributed by atoms with Crippen molar-refractivity contribution in [3.8, 4) is 11.5 Å². The molecule has 0 radical (unpaired) electrons. The Balaban J connectivity index is 1.75. The molecule has 1 heterocycles. The number of fused-ring (bicyclic) bond motifs is 4. The molecular formula is C26H27NO7. The Hall–Kier alpha value is -3.26. The largest absolute Gasteiger partial charge is 0.504 e. The van der Waals surface area contributed by atoms with Gasteiger partial charge in [-0.2, -0.15) is 5.06 Å². The predicted octanol–water partition coefficient (Wildman–Crippen LogP) is 2.94. The van der Waals surface area contributed by atoms with Crippen LogP contribution in [0.15, 0.2) is 41.0 Å². The van der Waals surface area contributed by atoms with Crippen LogP contribution in [-0.4, -0.2) is 45.9 Å². The van der Waals surface area contributed by atoms with Crippen molar-refractivity contribution >= 4 is 23.4 Å². The number of aromatic hydroxyl groups is 1. The molecule has 8 heteroatoms. The van der Waals surface area contributed by atoms with Crippen molar-refractivity contribution in [3.05, 3.63) is 46.6 Å². The highest BCUT2D eigenvalue weighted by atomic mass is 16.5. The molecule has 0 unspecified atom stereocenters. The van der Waals surface area contributed by atoms with Gasteiger partial charge < -0.3 is 9.84 Å². The second-order valence-electron chi connectivity index (χ2n) is 10.0. The van der Waals surface area contributed by atoms with Gasteiger partial charge in [-0.05, 0) is 61.4 Å². The zero-order valence-electron chi connectivity index (χ0n) is 19.5. The first-order valence-electron chi connectivity index (χ1n) is 11.4. The van der Waals surface area contributed by atoms with Crippen LogP contribution in [-0.2, 0) is 19.2 Å². The second-order valence-corrected chi connectivity index (χ2v) is 10.0. The average molecular weight is 466 g/mol. The number of ether oxygens (including phenoxy) is 1. The molecule has 1 aromatic carbocycles. The SMILES string of the molecule is COc1cc([C@H]2C3=CC[C@@H]4C(=O)N(O)C(=O)[C@@H]4[C@@H]3C[C@H]3C(=O)C(C)=C(C)C(=O)[C@@]23C)ccc1O. The molecule has 1 aliphatic heterocycles. The lowest BCUT2D eigenvalue weighted by Gasteiger charge is -2.54. The van der Waals surface area contributed by atoms with Crippen LogP contribution >= 0.6 is 0 Å². The number of rotatable bonds is 2. The molecule has 0 spiro atoms. The minimum Gasteiger partial charge on any atom is -0.504 e. The third-order valence-electron chi connectivity index (χ3n) is 8.68. The van der Waals surface area contributed by atoms with Crippen LogP contribution in [0.3, 0.4) is 0 Å². The van der Waals surface area contributed by atoms with Gasteiger partial charge in [-0.15, -0.1) is 0 Å². The van der Waals surface area contributed by atoms with E-state index in [1.165, 1.54) is 13.2 Å². The van der Waals surface area contributed by atoms with Crippen molar-refractivity contribution in [2.75, 3.05) is 7.11 Å². The highest BCUT2D eigenvalue weighted by Crippen LogP contribution is 2.63. The number of carbonyl (C=O) groups is 4. The molecule has 5 rings (SSSR count). The van der Waals surface area contributed by atoms with E-state index in [1.807, 2.05) is 6.08 Å². The first-order valence-corrected chi connectivity index (χ1v) is 11.4. The number of ketones is 2. The summed E-state index contributed by atoms with van der Waals surface area (Å²) in [6.07, 6.45) is 2.41. The van der Waals surface area contributed by atoms with Gasteiger partial charge in [0.25, 0.3) is 11.8 Å². The summed E-state index contributed by atoms with van der Waals surface area (Å²) in [5.74, 6) is -4.54. The highest BCUT2D eigenvalue weighted by Gasteiger charge is 2.64. The Kier molecular flexibility index (Phi) is 4.88. The van der Waals surface area contributed by atoms with E-state index in [9.17, 15) is 29.5 Å². The summed E-state index contributed by atoms with van der Waals surface area (Å²) >= 11 is 0. The number of methoxy groups -OCH3 is 1. The van der Waals surface area contributed by atoms with Crippen molar-refractivity contribution in [2.45, 2.75) is 39.5 Å². The molecular weight excluding hydrogens is 438 g/mol. The lowest BCUT2D eigenvalue weighted by molar-refractivity contribution is -0.173. The standard InChI is InChI=1S/C26H27NO7/c1-11-12(2)23(30)26(3)17(22(11)29)10-16-14(6-7-15-20(16)25(32)27(33)24(15)31)21(26)13-5-8-18(28)19(9-13)34-4/h5-6,8-9,15-17,20-21,28,33H,7,10H2,1-4H3/t15-,16+,17-,20-,21-,26+/m0/s1. The van der Waals surface area contributed by atoms with Gasteiger partial charge in [-0.25, -0.2) is 0 Å². The fourth-order valence-corrected chi connectivity index (χ4v) is 6.82. The van der Waals surface area contributed by atoms with E-state index in [4.69, 9.17) is 4.74 Å². The number of phenols is 1. The Morgan fingerprint density at radius 1 is 1.06 bits per heavy atom. The van der Waals surface area contributed by atoms with E-state index in [0.29, 0.717) is 16.7 Å². The van der Waals surface area contributed by atoms with Crippen LogP contribution < -0.4 is 4.74 Å². The monoisotopic (exact) mass is 465 g/mol. The predicted molar refractivity (Wildman–Crippen MR) is 119 cm³/mol. The number of amides is 2. The Morgan fingerprint density at radius 2 is 1.76 bits per heavy atom. The molecule has 3 aliphatic carbocycles. The Labute approximate surface area is 196 Å². The molecule has 2 N–H and O–H groups in total. The molecule has 8 nitrogen and oxygen atoms in total. The quantitative estimate of drug-likeness (QED) is 0.391. The van der Waals surface area contributed by atoms with Crippen LogP contribution in [0, 0.1) is 29.1 Å². The third-order valence-corrected chi connectivity index (χ3v) is 8.68. The van der Waals surface area contributed by atoms with Gasteiger partial charge in [0.15, 0.2) is 23.1 Å². The minimum atomic E-state index is -1.11. The van der Waals surface area contributed by atoms with Crippen LogP contribution in [0.25, 0.3) is 0 Å². The topological polar surface area (TPSA) is 121 Å². The molecule has 2 amide bonds. The van der Waals surface area contributed by atoms with Crippen molar-refractivity contribution < 1.29 is 34.2 Å². The van der Waals surface area contributed by atoms with Crippen LogP contribution in [0.5, 0.6) is 11.5 Å². The summed E-state index contributed by atoms with van der Waals surface area (Å²) in [5.41, 5.74) is 1.25. The summed E-state index contributed by atoms with van der Waals surface area (Å²) in [7, 11) is 1.43. The van der Waals surface area contributed by atoms with Crippen LogP contribution in [0.2, 0.25) is 0 Å². The van der Waals surface area contributed by atoms with Gasteiger partial charge in [0.05, 0.1) is 24.4 Å². The fraction of sp³-hybridized carbons (Fsp3) is 0.462. The van der Waals surface area contributed by atoms with Gasteiger partial charge in [-0.3, -0.25) is 24.4 Å². The lowest BCUT2D eigenvalue weighted by atomic mass is 9.46. The van der Waals surface area contributed by atoms with Crippen molar-refractivity contribution in [3.63, 3.8) is 0 Å². The molecule has 1 saturated heterocycles. The van der Waals surface area contributed by atoms with E-state index in [2.05, 4.69) is 0 Å². The summed E-state index contributed by atoms with van der Waals surface area (Å²) in [6.45, 7) is 5.13. The van der Waals surface area contributed by atoms with Gasteiger partial charge in [-0.1, -0.05) is 24.6 Å². The van der Waals surface area contributed by atoms with Crippen molar-refractivity contribution in [1.29, 1.82) is 0 Å². The molecule has 4 aliphatic rings. The first-order chi connectivity index (χ1) is 16.0. The van der Waals surface area contributed by atoms with E-state index in [-0.39, 0.29) is 41.0 Å². The van der Waals surface area contributed by atoms with E-state index in [1.54, 1.807) is 32.9 Å². The van der Waals surface area contributed by atoms with Crippen LogP contribution in [0.4, 0.5) is 0 Å². The second kappa shape index (κ2) is 7.37. The van der Waals surface area contributed by atoms with Gasteiger partial charge in [0.1, 0.15) is 0 Å². The van der Waals surface area contributed by atoms with Crippen LogP contribution in [0.1, 0.15) is 45.1 Å². The summed E-state index contributed by atoms with van der Waals surface area (Å²) in [5, 5.41) is 20.4. The smallest absolute Gasteiger partial charge is 0.257 e. The fourth-order valence-electron chi connectivity index (χ4n) is 6.82. The Bertz CT molecular complexity index is 1230. The molecule has 1 aromatic rings. The maximum Gasteiger partial charge on any atom is 0.257 e. The van der Waals surface area contributed by atoms with Crippen molar-refractivity contribution in [2.24, 2.45) is 29.1 Å². The number of hydrogen-bond acceptors (Lipinski definition) is 7. The molecule has 1 saturated carbocycles. The molecule has 34 heavy (non-hydrogen) atoms. The number of hydrogen-bond donors (Lipinski definition) is 2. The molecule has 0 bridgehead atoms. The molecule has 2 fully saturated rings. The number of Topliss-reactive ketones (excluding diaryl/α,β-unsaturated/α-hetero) is 2. The number of allylic oxidation sites excluding steroid dienone is 4. The number of imide groups is 1. The lowest BCUT2D eigenvalue weighted by Crippen LogP contribution is -2.55. The number of nitrogens with zero attached hydrogens (tertiary/aromatic N) is 1. The van der Waals surface area contributed by atoms with Gasteiger partial charge >= 0.3 is 0 Å². The first kappa shape index (κ1) is 22.5. The van der Waals surface area contributed by atoms with Gasteiger partial charge in [0.2, 0.25) is 0 Å².